The summed E-state index contributed by atoms with van der Waals surface area (Å²) < 4.78 is 2.20. The highest BCUT2D eigenvalue weighted by molar-refractivity contribution is 5.71. The molecule has 3 rings (SSSR count). The van der Waals surface area contributed by atoms with E-state index >= 15 is 0 Å². The van der Waals surface area contributed by atoms with E-state index in [1.54, 1.807) is 0 Å². The minimum atomic E-state index is 0.134. The first kappa shape index (κ1) is 12.6. The molecule has 19 heavy (non-hydrogen) atoms. The molecule has 0 unspecified atom stereocenters. The van der Waals surface area contributed by atoms with E-state index in [1.807, 2.05) is 18.3 Å². The molecule has 0 spiro atoms. The first-order valence-corrected chi connectivity index (χ1v) is 7.00. The van der Waals surface area contributed by atoms with Crippen molar-refractivity contribution in [2.24, 2.45) is 5.92 Å². The lowest BCUT2D eigenvalue weighted by atomic mass is 9.98. The Kier molecular flexibility index (Phi) is 3.75. The van der Waals surface area contributed by atoms with E-state index < -0.39 is 0 Å². The van der Waals surface area contributed by atoms with Gasteiger partial charge in [-0.15, -0.1) is 0 Å². The molecule has 1 aliphatic heterocycles. The van der Waals surface area contributed by atoms with Gasteiger partial charge in [0, 0.05) is 19.2 Å². The fraction of sp³-hybridized carbons (Fsp3) is 0.571. The van der Waals surface area contributed by atoms with Crippen molar-refractivity contribution in [3.05, 3.63) is 24.2 Å². The fourth-order valence-corrected chi connectivity index (χ4v) is 2.81. The number of nitrogens with zero attached hydrogens (tertiary/aromatic N) is 3. The molecule has 0 bridgehead atoms. The molecule has 2 aromatic rings. The van der Waals surface area contributed by atoms with Gasteiger partial charge in [-0.3, -0.25) is 0 Å². The van der Waals surface area contributed by atoms with Crippen LogP contribution in [0.5, 0.6) is 0 Å². The zero-order chi connectivity index (χ0) is 13.1. The number of rotatable bonds is 4. The van der Waals surface area contributed by atoms with E-state index in [9.17, 15) is 5.11 Å². The molecule has 1 fully saturated rings. The molecule has 5 heteroatoms. The van der Waals surface area contributed by atoms with E-state index in [0.717, 1.165) is 36.6 Å². The molecule has 102 valence electrons. The summed E-state index contributed by atoms with van der Waals surface area (Å²) in [6.07, 6.45) is 4.81. The molecule has 5 nitrogen and oxygen atoms in total. The molecule has 0 saturated carbocycles. The summed E-state index contributed by atoms with van der Waals surface area (Å²) in [5, 5.41) is 12.6. The van der Waals surface area contributed by atoms with Crippen LogP contribution in [0.15, 0.2) is 18.3 Å². The maximum atomic E-state index is 9.19. The zero-order valence-corrected chi connectivity index (χ0v) is 11.0. The summed E-state index contributed by atoms with van der Waals surface area (Å²) in [6.45, 7) is 3.29. The van der Waals surface area contributed by atoms with Gasteiger partial charge in [-0.1, -0.05) is 0 Å². The van der Waals surface area contributed by atoms with Crippen LogP contribution in [0, 0.1) is 5.92 Å². The third-order valence-corrected chi connectivity index (χ3v) is 3.82. The van der Waals surface area contributed by atoms with Crippen LogP contribution in [0.3, 0.4) is 0 Å². The summed E-state index contributed by atoms with van der Waals surface area (Å²) in [5.74, 6) is 1.63. The monoisotopic (exact) mass is 260 g/mol. The second-order valence-corrected chi connectivity index (χ2v) is 5.15. The lowest BCUT2D eigenvalue weighted by molar-refractivity contribution is 0.289. The topological polar surface area (TPSA) is 63.0 Å². The lowest BCUT2D eigenvalue weighted by Crippen LogP contribution is -2.30. The van der Waals surface area contributed by atoms with Crippen LogP contribution in [0.25, 0.3) is 11.2 Å². The molecule has 0 atom stereocenters. The highest BCUT2D eigenvalue weighted by Crippen LogP contribution is 2.20. The number of aliphatic hydroxyl groups is 1. The number of hydrogen-bond acceptors (Lipinski definition) is 4. The SMILES string of the molecule is OCCc1nc2cccnc2n1CC1CCNCC1. The number of imidazole rings is 1. The lowest BCUT2D eigenvalue weighted by Gasteiger charge is -2.23. The van der Waals surface area contributed by atoms with Gasteiger partial charge < -0.3 is 15.0 Å². The summed E-state index contributed by atoms with van der Waals surface area (Å²) >= 11 is 0. The van der Waals surface area contributed by atoms with Crippen molar-refractivity contribution in [2.75, 3.05) is 19.7 Å². The van der Waals surface area contributed by atoms with Crippen LogP contribution in [0.1, 0.15) is 18.7 Å². The Morgan fingerprint density at radius 2 is 2.21 bits per heavy atom. The van der Waals surface area contributed by atoms with Crippen molar-refractivity contribution in [3.8, 4) is 0 Å². The summed E-state index contributed by atoms with van der Waals surface area (Å²) in [5.41, 5.74) is 1.88. The molecule has 0 aromatic carbocycles. The predicted molar refractivity (Wildman–Crippen MR) is 73.9 cm³/mol. The van der Waals surface area contributed by atoms with Gasteiger partial charge in [-0.25, -0.2) is 9.97 Å². The zero-order valence-electron chi connectivity index (χ0n) is 11.0. The Balaban J connectivity index is 1.92. The van der Waals surface area contributed by atoms with Gasteiger partial charge in [0.2, 0.25) is 0 Å². The van der Waals surface area contributed by atoms with Gasteiger partial charge in [0.1, 0.15) is 11.3 Å². The smallest absolute Gasteiger partial charge is 0.159 e. The molecule has 2 N–H and O–H groups in total. The van der Waals surface area contributed by atoms with Crippen molar-refractivity contribution in [1.82, 2.24) is 19.9 Å². The molecule has 0 radical (unpaired) electrons. The molecule has 0 amide bonds. The number of hydrogen-bond donors (Lipinski definition) is 2. The van der Waals surface area contributed by atoms with E-state index in [1.165, 1.54) is 12.8 Å². The summed E-state index contributed by atoms with van der Waals surface area (Å²) in [7, 11) is 0. The quantitative estimate of drug-likeness (QED) is 0.859. The molecule has 1 saturated heterocycles. The van der Waals surface area contributed by atoms with Crippen LogP contribution in [-0.4, -0.2) is 39.3 Å². The second kappa shape index (κ2) is 5.67. The normalized spacial score (nSPS) is 17.1. The Morgan fingerprint density at radius 1 is 1.37 bits per heavy atom. The van der Waals surface area contributed by atoms with Crippen molar-refractivity contribution in [2.45, 2.75) is 25.8 Å². The summed E-state index contributed by atoms with van der Waals surface area (Å²) in [6, 6.07) is 3.90. The first-order chi connectivity index (χ1) is 9.38. The third kappa shape index (κ3) is 2.62. The Labute approximate surface area is 112 Å². The summed E-state index contributed by atoms with van der Waals surface area (Å²) in [4.78, 5) is 9.05. The van der Waals surface area contributed by atoms with E-state index in [0.29, 0.717) is 12.3 Å². The van der Waals surface area contributed by atoms with Crippen molar-refractivity contribution in [1.29, 1.82) is 0 Å². The van der Waals surface area contributed by atoms with E-state index in [-0.39, 0.29) is 6.61 Å². The molecular formula is C14H20N4O. The van der Waals surface area contributed by atoms with E-state index in [4.69, 9.17) is 0 Å². The van der Waals surface area contributed by atoms with Gasteiger partial charge in [-0.05, 0) is 44.0 Å². The van der Waals surface area contributed by atoms with Crippen LogP contribution in [0.4, 0.5) is 0 Å². The molecule has 3 heterocycles. The highest BCUT2D eigenvalue weighted by atomic mass is 16.3. The highest BCUT2D eigenvalue weighted by Gasteiger charge is 2.18. The Hall–Kier alpha value is -1.46. The van der Waals surface area contributed by atoms with Crippen LogP contribution < -0.4 is 5.32 Å². The van der Waals surface area contributed by atoms with E-state index in [2.05, 4.69) is 19.9 Å². The minimum absolute atomic E-state index is 0.134. The molecule has 2 aromatic heterocycles. The minimum Gasteiger partial charge on any atom is -0.396 e. The van der Waals surface area contributed by atoms with Crippen LogP contribution in [0.2, 0.25) is 0 Å². The third-order valence-electron chi connectivity index (χ3n) is 3.82. The van der Waals surface area contributed by atoms with Crippen molar-refractivity contribution < 1.29 is 5.11 Å². The average Bonchev–Trinajstić information content (AvgIpc) is 2.79. The number of piperidine rings is 1. The predicted octanol–water partition coefficient (Wildman–Crippen LogP) is 0.966. The standard InChI is InChI=1S/C14H20N4O/c19-9-5-13-17-12-2-1-6-16-14(12)18(13)10-11-3-7-15-8-4-11/h1-2,6,11,15,19H,3-5,7-10H2. The average molecular weight is 260 g/mol. The van der Waals surface area contributed by atoms with Gasteiger partial charge >= 0.3 is 0 Å². The number of nitrogens with one attached hydrogen (secondary N) is 1. The number of pyridine rings is 1. The van der Waals surface area contributed by atoms with Gasteiger partial charge in [0.15, 0.2) is 5.65 Å². The van der Waals surface area contributed by atoms with Crippen LogP contribution in [-0.2, 0) is 13.0 Å². The maximum absolute atomic E-state index is 9.19. The van der Waals surface area contributed by atoms with Crippen molar-refractivity contribution in [3.63, 3.8) is 0 Å². The Bertz CT molecular complexity index is 545. The molecule has 1 aliphatic rings. The van der Waals surface area contributed by atoms with Gasteiger partial charge in [-0.2, -0.15) is 0 Å². The molecular weight excluding hydrogens is 240 g/mol. The fourth-order valence-electron chi connectivity index (χ4n) is 2.81. The largest absolute Gasteiger partial charge is 0.396 e. The Morgan fingerprint density at radius 3 is 3.00 bits per heavy atom. The number of aliphatic hydroxyl groups excluding tert-OH is 1. The number of fused-ring (bicyclic) bond motifs is 1. The first-order valence-electron chi connectivity index (χ1n) is 7.00. The maximum Gasteiger partial charge on any atom is 0.159 e. The van der Waals surface area contributed by atoms with Gasteiger partial charge in [0.05, 0.1) is 6.61 Å². The van der Waals surface area contributed by atoms with Crippen LogP contribution >= 0.6 is 0 Å². The molecule has 0 aliphatic carbocycles. The second-order valence-electron chi connectivity index (χ2n) is 5.15. The van der Waals surface area contributed by atoms with Gasteiger partial charge in [0.25, 0.3) is 0 Å². The number of aromatic nitrogens is 3. The van der Waals surface area contributed by atoms with Crippen molar-refractivity contribution >= 4 is 11.2 Å².